The molecule has 0 aromatic carbocycles. The van der Waals surface area contributed by atoms with Crippen molar-refractivity contribution in [1.82, 2.24) is 10.2 Å². The van der Waals surface area contributed by atoms with E-state index in [4.69, 9.17) is 5.11 Å². The van der Waals surface area contributed by atoms with Crippen LogP contribution in [-0.2, 0) is 0 Å². The number of hydrogen-bond acceptors (Lipinski definition) is 6. The van der Waals surface area contributed by atoms with E-state index in [0.717, 1.165) is 36.1 Å². The molecule has 0 amide bonds. The molecule has 0 aliphatic carbocycles. The highest BCUT2D eigenvalue weighted by Gasteiger charge is 2.25. The molecule has 1 aliphatic rings. The Morgan fingerprint density at radius 1 is 1.44 bits per heavy atom. The van der Waals surface area contributed by atoms with Crippen molar-refractivity contribution >= 4 is 16.5 Å². The SMILES string of the molecule is Cc1nnc(N2CCC(C(O)CO)CC2)s1. The number of anilines is 1. The van der Waals surface area contributed by atoms with Gasteiger partial charge in [-0.05, 0) is 25.7 Å². The third kappa shape index (κ3) is 2.50. The number of hydrogen-bond donors (Lipinski definition) is 2. The molecule has 0 spiro atoms. The summed E-state index contributed by atoms with van der Waals surface area (Å²) in [6.07, 6.45) is 1.24. The molecule has 2 rings (SSSR count). The molecule has 2 heterocycles. The first kappa shape index (κ1) is 11.8. The number of rotatable bonds is 3. The van der Waals surface area contributed by atoms with Gasteiger partial charge in [0.05, 0.1) is 12.7 Å². The fraction of sp³-hybridized carbons (Fsp3) is 0.800. The minimum absolute atomic E-state index is 0.136. The van der Waals surface area contributed by atoms with E-state index in [-0.39, 0.29) is 12.5 Å². The lowest BCUT2D eigenvalue weighted by atomic mass is 9.92. The van der Waals surface area contributed by atoms with Crippen LogP contribution in [0.5, 0.6) is 0 Å². The molecule has 1 unspecified atom stereocenters. The van der Waals surface area contributed by atoms with Crippen LogP contribution in [-0.4, -0.2) is 46.2 Å². The van der Waals surface area contributed by atoms with E-state index in [2.05, 4.69) is 15.1 Å². The van der Waals surface area contributed by atoms with Crippen molar-refractivity contribution in [3.8, 4) is 0 Å². The van der Waals surface area contributed by atoms with Gasteiger partial charge in [0.1, 0.15) is 5.01 Å². The Bertz CT molecular complexity index is 337. The van der Waals surface area contributed by atoms with Crippen molar-refractivity contribution in [2.75, 3.05) is 24.6 Å². The number of piperidine rings is 1. The van der Waals surface area contributed by atoms with Crippen LogP contribution in [0.2, 0.25) is 0 Å². The second-order valence-electron chi connectivity index (χ2n) is 4.18. The standard InChI is InChI=1S/C10H17N3O2S/c1-7-11-12-10(16-7)13-4-2-8(3-5-13)9(15)6-14/h8-9,14-15H,2-6H2,1H3. The molecule has 2 N–H and O–H groups in total. The normalized spacial score (nSPS) is 20.1. The summed E-state index contributed by atoms with van der Waals surface area (Å²) >= 11 is 1.60. The minimum atomic E-state index is -0.571. The van der Waals surface area contributed by atoms with Crippen LogP contribution < -0.4 is 4.90 Å². The van der Waals surface area contributed by atoms with Crippen LogP contribution >= 0.6 is 11.3 Å². The van der Waals surface area contributed by atoms with E-state index < -0.39 is 6.10 Å². The van der Waals surface area contributed by atoms with Crippen molar-refractivity contribution < 1.29 is 10.2 Å². The summed E-state index contributed by atoms with van der Waals surface area (Å²) < 4.78 is 0. The Kier molecular flexibility index (Phi) is 3.73. The molecule has 90 valence electrons. The average molecular weight is 243 g/mol. The molecular formula is C10H17N3O2S. The first-order chi connectivity index (χ1) is 7.70. The summed E-state index contributed by atoms with van der Waals surface area (Å²) in [5.74, 6) is 0.218. The van der Waals surface area contributed by atoms with E-state index in [1.807, 2.05) is 6.92 Å². The third-order valence-electron chi connectivity index (χ3n) is 3.06. The Morgan fingerprint density at radius 3 is 2.62 bits per heavy atom. The quantitative estimate of drug-likeness (QED) is 0.805. The maximum absolute atomic E-state index is 9.55. The fourth-order valence-corrected chi connectivity index (χ4v) is 2.78. The number of aliphatic hydroxyl groups is 2. The largest absolute Gasteiger partial charge is 0.394 e. The maximum Gasteiger partial charge on any atom is 0.208 e. The highest BCUT2D eigenvalue weighted by Crippen LogP contribution is 2.27. The lowest BCUT2D eigenvalue weighted by Gasteiger charge is -2.33. The van der Waals surface area contributed by atoms with Crippen LogP contribution in [0.3, 0.4) is 0 Å². The van der Waals surface area contributed by atoms with Crippen molar-refractivity contribution in [3.63, 3.8) is 0 Å². The summed E-state index contributed by atoms with van der Waals surface area (Å²) in [7, 11) is 0. The number of nitrogens with zero attached hydrogens (tertiary/aromatic N) is 3. The summed E-state index contributed by atoms with van der Waals surface area (Å²) in [4.78, 5) is 2.20. The zero-order valence-electron chi connectivity index (χ0n) is 9.33. The van der Waals surface area contributed by atoms with Gasteiger partial charge in [0.25, 0.3) is 0 Å². The monoisotopic (exact) mass is 243 g/mol. The second kappa shape index (κ2) is 5.07. The Hall–Kier alpha value is -0.720. The van der Waals surface area contributed by atoms with E-state index in [0.29, 0.717) is 0 Å². The maximum atomic E-state index is 9.55. The van der Waals surface area contributed by atoms with Gasteiger partial charge in [0.2, 0.25) is 5.13 Å². The average Bonchev–Trinajstić information content (AvgIpc) is 2.75. The van der Waals surface area contributed by atoms with Crippen LogP contribution in [0.1, 0.15) is 17.8 Å². The molecule has 0 radical (unpaired) electrons. The molecule has 0 bridgehead atoms. The highest BCUT2D eigenvalue weighted by molar-refractivity contribution is 7.15. The smallest absolute Gasteiger partial charge is 0.208 e. The van der Waals surface area contributed by atoms with E-state index in [1.165, 1.54) is 0 Å². The van der Waals surface area contributed by atoms with Crippen molar-refractivity contribution in [2.45, 2.75) is 25.9 Å². The van der Waals surface area contributed by atoms with Crippen LogP contribution in [0, 0.1) is 12.8 Å². The van der Waals surface area contributed by atoms with Gasteiger partial charge in [-0.25, -0.2) is 0 Å². The zero-order chi connectivity index (χ0) is 11.5. The van der Waals surface area contributed by atoms with Crippen molar-refractivity contribution in [3.05, 3.63) is 5.01 Å². The molecule has 16 heavy (non-hydrogen) atoms. The van der Waals surface area contributed by atoms with Gasteiger partial charge in [-0.1, -0.05) is 11.3 Å². The molecule has 5 nitrogen and oxygen atoms in total. The molecule has 1 fully saturated rings. The predicted octanol–water partition coefficient (Wildman–Crippen LogP) is 0.416. The summed E-state index contributed by atoms with van der Waals surface area (Å²) in [6, 6.07) is 0. The first-order valence-corrected chi connectivity index (χ1v) is 6.36. The van der Waals surface area contributed by atoms with Gasteiger partial charge in [-0.3, -0.25) is 0 Å². The number of aromatic nitrogens is 2. The van der Waals surface area contributed by atoms with Crippen molar-refractivity contribution in [1.29, 1.82) is 0 Å². The van der Waals surface area contributed by atoms with Crippen LogP contribution in [0.25, 0.3) is 0 Å². The molecule has 6 heteroatoms. The van der Waals surface area contributed by atoms with Gasteiger partial charge in [-0.15, -0.1) is 10.2 Å². The predicted molar refractivity (Wildman–Crippen MR) is 62.7 cm³/mol. The number of aliphatic hydroxyl groups excluding tert-OH is 2. The van der Waals surface area contributed by atoms with Gasteiger partial charge < -0.3 is 15.1 Å². The molecule has 1 atom stereocenters. The van der Waals surface area contributed by atoms with E-state index in [9.17, 15) is 5.11 Å². The lowest BCUT2D eigenvalue weighted by molar-refractivity contribution is 0.0376. The second-order valence-corrected chi connectivity index (χ2v) is 5.34. The third-order valence-corrected chi connectivity index (χ3v) is 3.96. The van der Waals surface area contributed by atoms with Gasteiger partial charge in [0, 0.05) is 13.1 Å². The summed E-state index contributed by atoms with van der Waals surface area (Å²) in [5, 5.41) is 28.5. The van der Waals surface area contributed by atoms with Crippen LogP contribution in [0.15, 0.2) is 0 Å². The molecule has 1 saturated heterocycles. The first-order valence-electron chi connectivity index (χ1n) is 5.54. The highest BCUT2D eigenvalue weighted by atomic mass is 32.1. The van der Waals surface area contributed by atoms with Crippen molar-refractivity contribution in [2.24, 2.45) is 5.92 Å². The Morgan fingerprint density at radius 2 is 2.12 bits per heavy atom. The zero-order valence-corrected chi connectivity index (χ0v) is 10.2. The number of aryl methyl sites for hydroxylation is 1. The minimum Gasteiger partial charge on any atom is -0.394 e. The van der Waals surface area contributed by atoms with Gasteiger partial charge >= 0.3 is 0 Å². The summed E-state index contributed by atoms with van der Waals surface area (Å²) in [6.45, 7) is 3.58. The van der Waals surface area contributed by atoms with E-state index in [1.54, 1.807) is 11.3 Å². The Balaban J connectivity index is 1.90. The van der Waals surface area contributed by atoms with Gasteiger partial charge in [0.15, 0.2) is 0 Å². The molecule has 0 saturated carbocycles. The Labute approximate surface area is 98.7 Å². The molecule has 1 aromatic heterocycles. The lowest BCUT2D eigenvalue weighted by Crippen LogP contribution is -2.38. The topological polar surface area (TPSA) is 69.5 Å². The molecular weight excluding hydrogens is 226 g/mol. The van der Waals surface area contributed by atoms with E-state index >= 15 is 0 Å². The van der Waals surface area contributed by atoms with Gasteiger partial charge in [-0.2, -0.15) is 0 Å². The van der Waals surface area contributed by atoms with Crippen LogP contribution in [0.4, 0.5) is 5.13 Å². The molecule has 1 aromatic rings. The molecule has 1 aliphatic heterocycles. The fourth-order valence-electron chi connectivity index (χ4n) is 2.04. The summed E-state index contributed by atoms with van der Waals surface area (Å²) in [5.41, 5.74) is 0.